The molecule has 166 valence electrons. The van der Waals surface area contributed by atoms with Gasteiger partial charge in [-0.15, -0.1) is 0 Å². The minimum atomic E-state index is -1.67. The van der Waals surface area contributed by atoms with Crippen LogP contribution < -0.4 is 16.0 Å². The smallest absolute Gasteiger partial charge is 0.245 e. The largest absolute Gasteiger partial charge is 0.384 e. The van der Waals surface area contributed by atoms with E-state index >= 15 is 4.39 Å². The molecular weight excluding hydrogens is 487 g/mol. The maximum Gasteiger partial charge on any atom is 0.245 e. The number of para-hydroxylation sites is 1. The molecule has 0 radical (unpaired) electrons. The van der Waals surface area contributed by atoms with Crippen LogP contribution in [0.15, 0.2) is 69.6 Å². The maximum absolute atomic E-state index is 15.2. The normalized spacial score (nSPS) is 23.4. The van der Waals surface area contributed by atoms with Gasteiger partial charge in [0.25, 0.3) is 0 Å². The molecule has 0 fully saturated rings. The number of hydrogen-bond acceptors (Lipinski definition) is 5. The van der Waals surface area contributed by atoms with Crippen LogP contribution in [-0.4, -0.2) is 11.7 Å². The Morgan fingerprint density at radius 1 is 1.18 bits per heavy atom. The van der Waals surface area contributed by atoms with Gasteiger partial charge in [-0.25, -0.2) is 4.39 Å². The number of carbonyl (C=O) groups excluding carboxylic acids is 2. The van der Waals surface area contributed by atoms with E-state index in [1.54, 1.807) is 36.4 Å². The quantitative estimate of drug-likeness (QED) is 0.586. The highest BCUT2D eigenvalue weighted by molar-refractivity contribution is 9.10. The van der Waals surface area contributed by atoms with Crippen LogP contribution in [0.4, 0.5) is 15.8 Å². The van der Waals surface area contributed by atoms with Gasteiger partial charge in [0.2, 0.25) is 5.91 Å². The minimum Gasteiger partial charge on any atom is -0.384 e. The molecule has 5 rings (SSSR count). The van der Waals surface area contributed by atoms with E-state index in [0.29, 0.717) is 27.8 Å². The van der Waals surface area contributed by atoms with Crippen LogP contribution >= 0.6 is 15.9 Å². The second kappa shape index (κ2) is 7.03. The number of allylic oxidation sites excluding steroid dienone is 1. The minimum absolute atomic E-state index is 0.0603. The number of nitrogens with zero attached hydrogens (tertiary/aromatic N) is 2. The molecule has 0 bridgehead atoms. The summed E-state index contributed by atoms with van der Waals surface area (Å²) in [6.07, 6.45) is 0.568. The summed E-state index contributed by atoms with van der Waals surface area (Å²) in [4.78, 5) is 28.7. The number of hydrogen-bond donors (Lipinski definition) is 2. The topological polar surface area (TPSA) is 99.2 Å². The third-order valence-electron chi connectivity index (χ3n) is 6.55. The van der Waals surface area contributed by atoms with Gasteiger partial charge >= 0.3 is 0 Å². The number of Topliss-reactive ketones (excluding diaryl/α,β-unsaturated/α-hetero) is 1. The number of nitrogens with two attached hydrogens (primary N) is 1. The summed E-state index contributed by atoms with van der Waals surface area (Å²) in [5, 5.41) is 13.1. The van der Waals surface area contributed by atoms with E-state index in [9.17, 15) is 14.9 Å². The number of amides is 1. The Morgan fingerprint density at radius 3 is 2.61 bits per heavy atom. The van der Waals surface area contributed by atoms with E-state index in [1.807, 2.05) is 13.8 Å². The lowest BCUT2D eigenvalue weighted by Crippen LogP contribution is -2.52. The number of rotatable bonds is 1. The first-order chi connectivity index (χ1) is 15.6. The molecule has 2 aromatic carbocycles. The zero-order valence-corrected chi connectivity index (χ0v) is 19.6. The molecule has 6 nitrogen and oxygen atoms in total. The Labute approximate surface area is 198 Å². The molecule has 2 aromatic rings. The van der Waals surface area contributed by atoms with Crippen molar-refractivity contribution in [1.82, 2.24) is 0 Å². The van der Waals surface area contributed by atoms with Crippen LogP contribution in [-0.2, 0) is 15.0 Å². The molecular formula is C25H20BrFN4O2. The van der Waals surface area contributed by atoms with Crippen molar-refractivity contribution in [2.45, 2.75) is 32.1 Å². The van der Waals surface area contributed by atoms with Gasteiger partial charge in [-0.2, -0.15) is 5.26 Å². The molecule has 0 saturated carbocycles. The SMILES string of the molecule is CC1(C)CC(=O)C2=C(C1)N(c1ccc(Br)cc1F)C(N)=C(C#N)C21C(=O)Nc2ccccc21. The molecule has 1 aliphatic carbocycles. The van der Waals surface area contributed by atoms with Gasteiger partial charge < -0.3 is 11.1 Å². The third kappa shape index (κ3) is 2.82. The van der Waals surface area contributed by atoms with Gasteiger partial charge in [0.1, 0.15) is 23.1 Å². The van der Waals surface area contributed by atoms with Gasteiger partial charge in [0, 0.05) is 33.4 Å². The molecule has 2 aliphatic heterocycles. The van der Waals surface area contributed by atoms with Crippen molar-refractivity contribution >= 4 is 39.0 Å². The fraction of sp³-hybridized carbons (Fsp3) is 0.240. The summed E-state index contributed by atoms with van der Waals surface area (Å²) in [7, 11) is 0. The fourth-order valence-corrected chi connectivity index (χ4v) is 5.64. The average Bonchev–Trinajstić information content (AvgIpc) is 3.01. The Balaban J connectivity index is 1.91. The van der Waals surface area contributed by atoms with Crippen LogP contribution in [0, 0.1) is 22.6 Å². The molecule has 8 heteroatoms. The number of nitriles is 1. The Hall–Kier alpha value is -3.44. The van der Waals surface area contributed by atoms with Crippen LogP contribution in [0.3, 0.4) is 0 Å². The van der Waals surface area contributed by atoms with Gasteiger partial charge in [-0.1, -0.05) is 48.0 Å². The summed E-state index contributed by atoms with van der Waals surface area (Å²) in [6.45, 7) is 3.89. The monoisotopic (exact) mass is 506 g/mol. The molecule has 0 aromatic heterocycles. The first-order valence-electron chi connectivity index (χ1n) is 10.4. The molecule has 2 heterocycles. The third-order valence-corrected chi connectivity index (χ3v) is 7.05. The van der Waals surface area contributed by atoms with Crippen LogP contribution in [0.25, 0.3) is 0 Å². The van der Waals surface area contributed by atoms with E-state index < -0.39 is 22.6 Å². The van der Waals surface area contributed by atoms with Crippen LogP contribution in [0.5, 0.6) is 0 Å². The Bertz CT molecular complexity index is 1370. The molecule has 33 heavy (non-hydrogen) atoms. The molecule has 0 saturated heterocycles. The van der Waals surface area contributed by atoms with Crippen molar-refractivity contribution in [3.8, 4) is 6.07 Å². The standard InChI is InChI=1S/C25H20BrFN4O2/c1-24(2)10-19-21(20(32)11-24)25(14-5-3-4-6-17(14)30-23(25)33)15(12-28)22(29)31(19)18-8-7-13(26)9-16(18)27/h3-9H,10-11,29H2,1-2H3,(H,30,33). The highest BCUT2D eigenvalue weighted by Crippen LogP contribution is 2.57. The van der Waals surface area contributed by atoms with Crippen LogP contribution in [0.2, 0.25) is 0 Å². The summed E-state index contributed by atoms with van der Waals surface area (Å²) in [5.41, 5.74) is 6.15. The Morgan fingerprint density at radius 2 is 1.91 bits per heavy atom. The van der Waals surface area contributed by atoms with Crippen molar-refractivity contribution in [2.75, 3.05) is 10.2 Å². The molecule has 3 aliphatic rings. The number of fused-ring (bicyclic) bond motifs is 3. The predicted octanol–water partition coefficient (Wildman–Crippen LogP) is 4.64. The van der Waals surface area contributed by atoms with Crippen molar-refractivity contribution < 1.29 is 14.0 Å². The van der Waals surface area contributed by atoms with E-state index in [1.165, 1.54) is 11.0 Å². The van der Waals surface area contributed by atoms with Gasteiger partial charge in [-0.3, -0.25) is 14.5 Å². The predicted molar refractivity (Wildman–Crippen MR) is 125 cm³/mol. The molecule has 1 amide bonds. The zero-order chi connectivity index (χ0) is 23.7. The van der Waals surface area contributed by atoms with Crippen molar-refractivity contribution in [1.29, 1.82) is 5.26 Å². The second-order valence-electron chi connectivity index (χ2n) is 9.32. The number of halogens is 2. The van der Waals surface area contributed by atoms with E-state index in [-0.39, 0.29) is 34.9 Å². The van der Waals surface area contributed by atoms with E-state index in [2.05, 4.69) is 27.3 Å². The first-order valence-corrected chi connectivity index (χ1v) is 11.2. The van der Waals surface area contributed by atoms with Crippen molar-refractivity contribution in [2.24, 2.45) is 11.1 Å². The molecule has 1 atom stereocenters. The fourth-order valence-electron chi connectivity index (χ4n) is 5.31. The highest BCUT2D eigenvalue weighted by Gasteiger charge is 2.61. The number of anilines is 2. The molecule has 3 N–H and O–H groups in total. The maximum atomic E-state index is 15.2. The summed E-state index contributed by atoms with van der Waals surface area (Å²) in [5.74, 6) is -1.38. The summed E-state index contributed by atoms with van der Waals surface area (Å²) >= 11 is 3.26. The number of carbonyl (C=O) groups is 2. The lowest BCUT2D eigenvalue weighted by Gasteiger charge is -2.46. The van der Waals surface area contributed by atoms with Gasteiger partial charge in [0.05, 0.1) is 11.3 Å². The molecule has 1 spiro atoms. The average molecular weight is 507 g/mol. The zero-order valence-electron chi connectivity index (χ0n) is 18.0. The van der Waals surface area contributed by atoms with E-state index in [0.717, 1.165) is 0 Å². The number of nitrogens with one attached hydrogen (secondary N) is 1. The van der Waals surface area contributed by atoms with Crippen molar-refractivity contribution in [3.63, 3.8) is 0 Å². The number of ketones is 1. The summed E-state index contributed by atoms with van der Waals surface area (Å²) in [6, 6.07) is 13.6. The lowest BCUT2D eigenvalue weighted by atomic mass is 9.61. The summed E-state index contributed by atoms with van der Waals surface area (Å²) < 4.78 is 15.7. The first kappa shape index (κ1) is 21.4. The lowest BCUT2D eigenvalue weighted by molar-refractivity contribution is -0.123. The van der Waals surface area contributed by atoms with E-state index in [4.69, 9.17) is 5.73 Å². The van der Waals surface area contributed by atoms with Crippen LogP contribution in [0.1, 0.15) is 32.3 Å². The van der Waals surface area contributed by atoms with Gasteiger partial charge in [0.15, 0.2) is 5.78 Å². The highest BCUT2D eigenvalue weighted by atomic mass is 79.9. The number of benzene rings is 2. The molecule has 1 unspecified atom stereocenters. The second-order valence-corrected chi connectivity index (χ2v) is 10.2. The Kier molecular flexibility index (Phi) is 4.56. The van der Waals surface area contributed by atoms with Crippen molar-refractivity contribution in [3.05, 3.63) is 81.0 Å². The van der Waals surface area contributed by atoms with Gasteiger partial charge in [-0.05, 0) is 36.1 Å².